The Hall–Kier alpha value is -2.28. The number of aromatic nitrogens is 1. The molecular formula is C19H17N. The van der Waals surface area contributed by atoms with Crippen molar-refractivity contribution < 1.29 is 0 Å². The molecule has 20 heavy (non-hydrogen) atoms. The van der Waals surface area contributed by atoms with Gasteiger partial charge >= 0.3 is 0 Å². The van der Waals surface area contributed by atoms with Crippen molar-refractivity contribution in [1.82, 2.24) is 4.57 Å². The highest BCUT2D eigenvalue weighted by atomic mass is 15.0. The average Bonchev–Trinajstić information content (AvgIpc) is 2.84. The van der Waals surface area contributed by atoms with E-state index in [9.17, 15) is 0 Å². The molecule has 98 valence electrons. The molecule has 0 amide bonds. The summed E-state index contributed by atoms with van der Waals surface area (Å²) in [5.41, 5.74) is 6.81. The lowest BCUT2D eigenvalue weighted by Gasteiger charge is -2.13. The fourth-order valence-corrected chi connectivity index (χ4v) is 3.32. The number of nitrogens with zero attached hydrogens (tertiary/aromatic N) is 1. The summed E-state index contributed by atoms with van der Waals surface area (Å²) in [6, 6.07) is 17.3. The van der Waals surface area contributed by atoms with Crippen LogP contribution in [0.5, 0.6) is 0 Å². The minimum Gasteiger partial charge on any atom is -0.313 e. The van der Waals surface area contributed by atoms with Crippen molar-refractivity contribution >= 4 is 17.0 Å². The zero-order valence-electron chi connectivity index (χ0n) is 11.6. The Morgan fingerprint density at radius 3 is 2.65 bits per heavy atom. The van der Waals surface area contributed by atoms with E-state index in [1.54, 1.807) is 0 Å². The Morgan fingerprint density at radius 1 is 0.950 bits per heavy atom. The zero-order chi connectivity index (χ0) is 13.5. The normalized spacial score (nSPS) is 13.7. The lowest BCUT2D eigenvalue weighted by Crippen LogP contribution is -2.02. The number of fused-ring (bicyclic) bond motifs is 3. The highest BCUT2D eigenvalue weighted by Gasteiger charge is 2.19. The van der Waals surface area contributed by atoms with Gasteiger partial charge in [-0.25, -0.2) is 0 Å². The van der Waals surface area contributed by atoms with Crippen LogP contribution in [-0.2, 0) is 6.42 Å². The van der Waals surface area contributed by atoms with E-state index in [1.807, 2.05) is 0 Å². The van der Waals surface area contributed by atoms with Gasteiger partial charge in [-0.1, -0.05) is 42.5 Å². The predicted octanol–water partition coefficient (Wildman–Crippen LogP) is 4.90. The van der Waals surface area contributed by atoms with E-state index in [0.717, 1.165) is 12.8 Å². The molecule has 0 saturated carbocycles. The van der Waals surface area contributed by atoms with Gasteiger partial charge in [-0.05, 0) is 43.5 Å². The molecule has 3 aromatic rings. The molecule has 0 spiro atoms. The van der Waals surface area contributed by atoms with Gasteiger partial charge in [0.05, 0.1) is 5.52 Å². The molecule has 1 nitrogen and oxygen atoms in total. The Labute approximate surface area is 119 Å². The Kier molecular flexibility index (Phi) is 2.53. The summed E-state index contributed by atoms with van der Waals surface area (Å²) in [6.07, 6.45) is 6.85. The highest BCUT2D eigenvalue weighted by molar-refractivity contribution is 5.95. The van der Waals surface area contributed by atoms with Crippen molar-refractivity contribution in [2.24, 2.45) is 0 Å². The van der Waals surface area contributed by atoms with Gasteiger partial charge in [-0.15, -0.1) is 0 Å². The first-order valence-electron chi connectivity index (χ1n) is 7.21. The SMILES string of the molecule is Cc1cccc2c1c1c(n2-c2ccccc2)CCC=C1. The maximum atomic E-state index is 2.43. The second-order valence-corrected chi connectivity index (χ2v) is 5.44. The van der Waals surface area contributed by atoms with Crippen molar-refractivity contribution in [3.8, 4) is 5.69 Å². The summed E-state index contributed by atoms with van der Waals surface area (Å²) in [5.74, 6) is 0. The monoisotopic (exact) mass is 259 g/mol. The van der Waals surface area contributed by atoms with E-state index in [1.165, 1.54) is 33.4 Å². The van der Waals surface area contributed by atoms with E-state index in [2.05, 4.69) is 72.2 Å². The topological polar surface area (TPSA) is 4.93 Å². The van der Waals surface area contributed by atoms with Gasteiger partial charge in [0.25, 0.3) is 0 Å². The molecule has 0 N–H and O–H groups in total. The first-order valence-corrected chi connectivity index (χ1v) is 7.21. The quantitative estimate of drug-likeness (QED) is 0.586. The summed E-state index contributed by atoms with van der Waals surface area (Å²) in [7, 11) is 0. The van der Waals surface area contributed by atoms with E-state index >= 15 is 0 Å². The fraction of sp³-hybridized carbons (Fsp3) is 0.158. The summed E-state index contributed by atoms with van der Waals surface area (Å²) < 4.78 is 2.43. The Balaban J connectivity index is 2.16. The maximum Gasteiger partial charge on any atom is 0.0540 e. The van der Waals surface area contributed by atoms with Crippen LogP contribution in [0, 0.1) is 6.92 Å². The maximum absolute atomic E-state index is 2.43. The molecule has 0 atom stereocenters. The molecular weight excluding hydrogens is 242 g/mol. The molecule has 0 aliphatic heterocycles. The molecule has 0 unspecified atom stereocenters. The minimum absolute atomic E-state index is 1.12. The number of rotatable bonds is 1. The summed E-state index contributed by atoms with van der Waals surface area (Å²) >= 11 is 0. The Bertz CT molecular complexity index is 807. The Morgan fingerprint density at radius 2 is 1.80 bits per heavy atom. The zero-order valence-corrected chi connectivity index (χ0v) is 11.6. The number of benzene rings is 2. The molecule has 0 saturated heterocycles. The van der Waals surface area contributed by atoms with Gasteiger partial charge in [0.1, 0.15) is 0 Å². The lowest BCUT2D eigenvalue weighted by atomic mass is 10.00. The van der Waals surface area contributed by atoms with Crippen LogP contribution in [0.15, 0.2) is 54.6 Å². The van der Waals surface area contributed by atoms with Crippen molar-refractivity contribution in [3.05, 3.63) is 71.4 Å². The standard InChI is InChI=1S/C19H17N/c1-14-8-7-13-18-19(14)16-11-5-6-12-17(16)20(18)15-9-3-2-4-10-15/h2-5,7-11,13H,6,12H2,1H3. The molecule has 1 heterocycles. The van der Waals surface area contributed by atoms with E-state index < -0.39 is 0 Å². The first kappa shape index (κ1) is 11.5. The van der Waals surface area contributed by atoms with E-state index in [4.69, 9.17) is 0 Å². The van der Waals surface area contributed by atoms with Crippen LogP contribution in [0.4, 0.5) is 0 Å². The van der Waals surface area contributed by atoms with Crippen LogP contribution in [-0.4, -0.2) is 4.57 Å². The number of hydrogen-bond donors (Lipinski definition) is 0. The predicted molar refractivity (Wildman–Crippen MR) is 85.4 cm³/mol. The lowest BCUT2D eigenvalue weighted by molar-refractivity contribution is 0.888. The van der Waals surface area contributed by atoms with E-state index in [0.29, 0.717) is 0 Å². The van der Waals surface area contributed by atoms with Crippen molar-refractivity contribution in [3.63, 3.8) is 0 Å². The van der Waals surface area contributed by atoms with Crippen LogP contribution < -0.4 is 0 Å². The van der Waals surface area contributed by atoms with Gasteiger partial charge in [0.2, 0.25) is 0 Å². The van der Waals surface area contributed by atoms with Gasteiger partial charge in [0, 0.05) is 22.3 Å². The third kappa shape index (κ3) is 1.56. The van der Waals surface area contributed by atoms with Crippen molar-refractivity contribution in [2.75, 3.05) is 0 Å². The van der Waals surface area contributed by atoms with Gasteiger partial charge < -0.3 is 4.57 Å². The highest BCUT2D eigenvalue weighted by Crippen LogP contribution is 2.35. The number of hydrogen-bond acceptors (Lipinski definition) is 0. The molecule has 2 aromatic carbocycles. The number of allylic oxidation sites excluding steroid dienone is 1. The van der Waals surface area contributed by atoms with Crippen molar-refractivity contribution in [1.29, 1.82) is 0 Å². The molecule has 0 bridgehead atoms. The first-order chi connectivity index (χ1) is 9.86. The van der Waals surface area contributed by atoms with Crippen LogP contribution in [0.3, 0.4) is 0 Å². The second-order valence-electron chi connectivity index (χ2n) is 5.44. The minimum atomic E-state index is 1.12. The van der Waals surface area contributed by atoms with Gasteiger partial charge in [-0.3, -0.25) is 0 Å². The summed E-state index contributed by atoms with van der Waals surface area (Å²) in [5, 5.41) is 1.40. The largest absolute Gasteiger partial charge is 0.313 e. The third-order valence-corrected chi connectivity index (χ3v) is 4.19. The molecule has 1 aliphatic rings. The smallest absolute Gasteiger partial charge is 0.0540 e. The molecule has 4 rings (SSSR count). The second kappa shape index (κ2) is 4.38. The van der Waals surface area contributed by atoms with Crippen LogP contribution in [0.2, 0.25) is 0 Å². The van der Waals surface area contributed by atoms with Crippen LogP contribution >= 0.6 is 0 Å². The summed E-state index contributed by atoms with van der Waals surface area (Å²) in [4.78, 5) is 0. The number of para-hydroxylation sites is 1. The molecule has 0 radical (unpaired) electrons. The van der Waals surface area contributed by atoms with Crippen LogP contribution in [0.25, 0.3) is 22.7 Å². The molecule has 1 aliphatic carbocycles. The van der Waals surface area contributed by atoms with Crippen molar-refractivity contribution in [2.45, 2.75) is 19.8 Å². The number of aryl methyl sites for hydroxylation is 1. The fourth-order valence-electron chi connectivity index (χ4n) is 3.32. The molecule has 0 fully saturated rings. The molecule has 1 aromatic heterocycles. The van der Waals surface area contributed by atoms with Gasteiger partial charge in [0.15, 0.2) is 0 Å². The third-order valence-electron chi connectivity index (χ3n) is 4.19. The molecule has 1 heteroatoms. The summed E-state index contributed by atoms with van der Waals surface area (Å²) in [6.45, 7) is 2.21. The van der Waals surface area contributed by atoms with Crippen LogP contribution in [0.1, 0.15) is 23.2 Å². The van der Waals surface area contributed by atoms with E-state index in [-0.39, 0.29) is 0 Å². The van der Waals surface area contributed by atoms with Gasteiger partial charge in [-0.2, -0.15) is 0 Å². The average molecular weight is 259 g/mol.